The van der Waals surface area contributed by atoms with Gasteiger partial charge in [0.2, 0.25) is 0 Å². The first-order valence-electron chi connectivity index (χ1n) is 5.46. The van der Waals surface area contributed by atoms with E-state index in [1.165, 1.54) is 6.34 Å². The van der Waals surface area contributed by atoms with Gasteiger partial charge in [0.05, 0.1) is 6.34 Å². The Morgan fingerprint density at radius 1 is 1.21 bits per heavy atom. The molecule has 0 amide bonds. The fraction of sp³-hybridized carbons (Fsp3) is 0.818. The molecule has 0 saturated heterocycles. The van der Waals surface area contributed by atoms with Gasteiger partial charge in [-0.2, -0.15) is 0 Å². The Morgan fingerprint density at radius 3 is 2.00 bits per heavy atom. The highest BCUT2D eigenvalue weighted by molar-refractivity contribution is 5.68. The highest BCUT2D eigenvalue weighted by Gasteiger charge is 2.26. The lowest BCUT2D eigenvalue weighted by Gasteiger charge is -2.22. The van der Waals surface area contributed by atoms with E-state index in [9.17, 15) is 4.79 Å². The normalized spacial score (nSPS) is 12.1. The van der Waals surface area contributed by atoms with Gasteiger partial charge in [0.25, 0.3) is 0 Å². The van der Waals surface area contributed by atoms with Crippen LogP contribution >= 0.6 is 0 Å². The average molecular weight is 198 g/mol. The maximum absolute atomic E-state index is 11.1. The molecule has 0 saturated carbocycles. The van der Waals surface area contributed by atoms with Gasteiger partial charge in [0.1, 0.15) is 11.8 Å². The van der Waals surface area contributed by atoms with E-state index in [1.807, 2.05) is 0 Å². The van der Waals surface area contributed by atoms with Crippen molar-refractivity contribution in [1.82, 2.24) is 0 Å². The first-order valence-corrected chi connectivity index (χ1v) is 5.46. The summed E-state index contributed by atoms with van der Waals surface area (Å²) in [6.07, 6.45) is 8.09. The van der Waals surface area contributed by atoms with E-state index in [1.54, 1.807) is 0 Å². The van der Waals surface area contributed by atoms with Crippen molar-refractivity contribution in [1.29, 1.82) is 0 Å². The van der Waals surface area contributed by atoms with Crippen molar-refractivity contribution >= 4 is 12.6 Å². The molecule has 3 heteroatoms. The molecule has 0 fully saturated rings. The van der Waals surface area contributed by atoms with E-state index in [-0.39, 0.29) is 0 Å². The monoisotopic (exact) mass is 198 g/mol. The van der Waals surface area contributed by atoms with Crippen molar-refractivity contribution < 1.29 is 4.79 Å². The van der Waals surface area contributed by atoms with Crippen molar-refractivity contribution in [2.45, 2.75) is 57.9 Å². The smallest absolute Gasteiger partial charge is 0.147 e. The van der Waals surface area contributed by atoms with Crippen LogP contribution in [0.4, 0.5) is 0 Å². The molecule has 0 radical (unpaired) electrons. The summed E-state index contributed by atoms with van der Waals surface area (Å²) >= 11 is 0. The van der Waals surface area contributed by atoms with E-state index in [0.717, 1.165) is 44.8 Å². The predicted octanol–water partition coefficient (Wildman–Crippen LogP) is 2.29. The molecule has 82 valence electrons. The van der Waals surface area contributed by atoms with E-state index >= 15 is 0 Å². The van der Waals surface area contributed by atoms with Gasteiger partial charge in [-0.1, -0.05) is 39.5 Å². The first-order chi connectivity index (χ1) is 6.74. The van der Waals surface area contributed by atoms with E-state index in [4.69, 9.17) is 5.73 Å². The SMILES string of the molecule is CCCCC(C=O)(CCCC)N=CN. The molecular weight excluding hydrogens is 176 g/mol. The Labute approximate surface area is 86.8 Å². The minimum Gasteiger partial charge on any atom is -0.390 e. The number of rotatable bonds is 8. The number of unbranched alkanes of at least 4 members (excludes halogenated alkanes) is 2. The molecular formula is C11H22N2O. The summed E-state index contributed by atoms with van der Waals surface area (Å²) in [5, 5.41) is 0. The molecule has 0 bridgehead atoms. The second kappa shape index (κ2) is 7.54. The molecule has 0 aliphatic rings. The number of hydrogen-bond donors (Lipinski definition) is 1. The zero-order valence-electron chi connectivity index (χ0n) is 9.33. The summed E-state index contributed by atoms with van der Waals surface area (Å²) in [4.78, 5) is 15.2. The molecule has 0 aromatic carbocycles. The molecule has 0 unspecified atom stereocenters. The summed E-state index contributed by atoms with van der Waals surface area (Å²) in [6, 6.07) is 0. The van der Waals surface area contributed by atoms with Crippen LogP contribution in [-0.2, 0) is 4.79 Å². The van der Waals surface area contributed by atoms with Gasteiger partial charge in [-0.25, -0.2) is 0 Å². The van der Waals surface area contributed by atoms with Crippen LogP contribution in [0.5, 0.6) is 0 Å². The lowest BCUT2D eigenvalue weighted by atomic mass is 9.89. The van der Waals surface area contributed by atoms with Crippen LogP contribution in [0.15, 0.2) is 4.99 Å². The predicted molar refractivity (Wildman–Crippen MR) is 60.5 cm³/mol. The molecule has 0 heterocycles. The maximum atomic E-state index is 11.1. The van der Waals surface area contributed by atoms with Crippen LogP contribution < -0.4 is 5.73 Å². The molecule has 0 rings (SSSR count). The third kappa shape index (κ3) is 4.40. The molecule has 3 nitrogen and oxygen atoms in total. The summed E-state index contributed by atoms with van der Waals surface area (Å²) in [7, 11) is 0. The minimum absolute atomic E-state index is 0.541. The standard InChI is InChI=1S/C11H22N2O/c1-3-5-7-11(9-14,13-10-12)8-6-4-2/h9-10H,3-8H2,1-2H3,(H2,12,13). The van der Waals surface area contributed by atoms with Crippen molar-refractivity contribution in [3.05, 3.63) is 0 Å². The zero-order valence-corrected chi connectivity index (χ0v) is 9.33. The highest BCUT2D eigenvalue weighted by Crippen LogP contribution is 2.23. The van der Waals surface area contributed by atoms with Gasteiger partial charge in [-0.15, -0.1) is 0 Å². The third-order valence-electron chi connectivity index (χ3n) is 2.48. The van der Waals surface area contributed by atoms with Gasteiger partial charge in [-0.3, -0.25) is 4.99 Å². The number of carbonyl (C=O) groups excluding carboxylic acids is 1. The number of hydrogen-bond acceptors (Lipinski definition) is 2. The van der Waals surface area contributed by atoms with Gasteiger partial charge in [-0.05, 0) is 12.8 Å². The Morgan fingerprint density at radius 2 is 1.71 bits per heavy atom. The molecule has 0 atom stereocenters. The number of aldehydes is 1. The van der Waals surface area contributed by atoms with Crippen molar-refractivity contribution in [3.8, 4) is 0 Å². The molecule has 0 aliphatic heterocycles. The molecule has 0 aromatic heterocycles. The minimum atomic E-state index is -0.541. The Balaban J connectivity index is 4.34. The number of carbonyl (C=O) groups is 1. The largest absolute Gasteiger partial charge is 0.390 e. The average Bonchev–Trinajstić information content (AvgIpc) is 2.22. The topological polar surface area (TPSA) is 55.5 Å². The van der Waals surface area contributed by atoms with E-state index < -0.39 is 5.54 Å². The second-order valence-corrected chi connectivity index (χ2v) is 3.71. The van der Waals surface area contributed by atoms with Crippen molar-refractivity contribution in [3.63, 3.8) is 0 Å². The van der Waals surface area contributed by atoms with E-state index in [0.29, 0.717) is 0 Å². The quantitative estimate of drug-likeness (QED) is 0.369. The summed E-state index contributed by atoms with van der Waals surface area (Å²) in [5.74, 6) is 0. The number of aliphatic imine (C=N–C) groups is 1. The number of nitrogens with zero attached hydrogens (tertiary/aromatic N) is 1. The van der Waals surface area contributed by atoms with Crippen LogP contribution in [0, 0.1) is 0 Å². The maximum Gasteiger partial charge on any atom is 0.147 e. The second-order valence-electron chi connectivity index (χ2n) is 3.71. The Hall–Kier alpha value is -0.860. The molecule has 14 heavy (non-hydrogen) atoms. The Bertz CT molecular complexity index is 170. The molecule has 0 aromatic rings. The lowest BCUT2D eigenvalue weighted by molar-refractivity contribution is -0.112. The summed E-state index contributed by atoms with van der Waals surface area (Å²) in [5.41, 5.74) is 4.74. The van der Waals surface area contributed by atoms with Gasteiger partial charge in [0.15, 0.2) is 0 Å². The first kappa shape index (κ1) is 13.1. The molecule has 2 N–H and O–H groups in total. The summed E-state index contributed by atoms with van der Waals surface area (Å²) < 4.78 is 0. The number of nitrogens with two attached hydrogens (primary N) is 1. The third-order valence-corrected chi connectivity index (χ3v) is 2.48. The van der Waals surface area contributed by atoms with Crippen LogP contribution in [0.2, 0.25) is 0 Å². The van der Waals surface area contributed by atoms with Gasteiger partial charge >= 0.3 is 0 Å². The Kier molecular flexibility index (Phi) is 7.07. The zero-order chi connectivity index (χ0) is 10.9. The summed E-state index contributed by atoms with van der Waals surface area (Å²) in [6.45, 7) is 4.23. The fourth-order valence-corrected chi connectivity index (χ4v) is 1.52. The van der Waals surface area contributed by atoms with Crippen LogP contribution in [-0.4, -0.2) is 18.2 Å². The molecule has 0 spiro atoms. The van der Waals surface area contributed by atoms with E-state index in [2.05, 4.69) is 18.8 Å². The van der Waals surface area contributed by atoms with Crippen molar-refractivity contribution in [2.75, 3.05) is 0 Å². The van der Waals surface area contributed by atoms with Crippen molar-refractivity contribution in [2.24, 2.45) is 10.7 Å². The lowest BCUT2D eigenvalue weighted by Crippen LogP contribution is -2.29. The molecule has 0 aliphatic carbocycles. The highest BCUT2D eigenvalue weighted by atomic mass is 16.1. The van der Waals surface area contributed by atoms with Crippen LogP contribution in [0.1, 0.15) is 52.4 Å². The van der Waals surface area contributed by atoms with Gasteiger partial charge < -0.3 is 10.5 Å². The van der Waals surface area contributed by atoms with Crippen LogP contribution in [0.25, 0.3) is 0 Å². The van der Waals surface area contributed by atoms with Crippen LogP contribution in [0.3, 0.4) is 0 Å². The fourth-order valence-electron chi connectivity index (χ4n) is 1.52. The van der Waals surface area contributed by atoms with Gasteiger partial charge in [0, 0.05) is 0 Å².